The van der Waals surface area contributed by atoms with E-state index in [-0.39, 0.29) is 6.71 Å². The number of aryl methyl sites for hydroxylation is 1. The van der Waals surface area contributed by atoms with Crippen molar-refractivity contribution in [3.05, 3.63) is 204 Å². The van der Waals surface area contributed by atoms with Crippen molar-refractivity contribution in [1.82, 2.24) is 0 Å². The van der Waals surface area contributed by atoms with Crippen LogP contribution in [0.25, 0.3) is 38.8 Å². The fourth-order valence-corrected chi connectivity index (χ4v) is 8.33. The smallest absolute Gasteiger partial charge is 0.247 e. The van der Waals surface area contributed by atoms with Crippen LogP contribution in [0.1, 0.15) is 18.2 Å². The Morgan fingerprint density at radius 3 is 2.24 bits per heavy atom. The Kier molecular flexibility index (Phi) is 8.98. The molecule has 10 rings (SSSR count). The zero-order valence-electron chi connectivity index (χ0n) is 32.5. The van der Waals surface area contributed by atoms with Crippen LogP contribution in [0.5, 0.6) is 0 Å². The summed E-state index contributed by atoms with van der Waals surface area (Å²) in [5.41, 5.74) is 12.2. The summed E-state index contributed by atoms with van der Waals surface area (Å²) in [4.78, 5) is 4.68. The van der Waals surface area contributed by atoms with Gasteiger partial charge in [0.25, 0.3) is 0 Å². The molecule has 0 saturated heterocycles. The van der Waals surface area contributed by atoms with Gasteiger partial charge in [-0.2, -0.15) is 0 Å². The van der Waals surface area contributed by atoms with Crippen LogP contribution < -0.4 is 15.3 Å². The molecule has 7 aromatic rings. The number of ether oxygens (including phenoxy) is 2. The Balaban J connectivity index is 1.19. The van der Waals surface area contributed by atoms with Crippen molar-refractivity contribution in [2.75, 3.05) is 29.6 Å². The van der Waals surface area contributed by atoms with Gasteiger partial charge < -0.3 is 28.1 Å². The second-order valence-electron chi connectivity index (χ2n) is 14.9. The lowest BCUT2D eigenvalue weighted by Crippen LogP contribution is -2.45. The molecule has 3 aliphatic rings. The van der Waals surface area contributed by atoms with E-state index in [1.165, 1.54) is 0 Å². The first kappa shape index (κ1) is 35.3. The maximum absolute atomic E-state index is 6.37. The Hall–Kier alpha value is -7.12. The lowest BCUT2D eigenvalue weighted by molar-refractivity contribution is 0.0685. The van der Waals surface area contributed by atoms with E-state index in [4.69, 9.17) is 24.9 Å². The first-order chi connectivity index (χ1) is 28.5. The molecular formula is C51H41BN2O4. The minimum atomic E-state index is -0.209. The third-order valence-electron chi connectivity index (χ3n) is 11.1. The van der Waals surface area contributed by atoms with E-state index in [0.29, 0.717) is 19.8 Å². The van der Waals surface area contributed by atoms with Crippen molar-refractivity contribution in [2.45, 2.75) is 13.8 Å². The Labute approximate surface area is 338 Å². The molecule has 58 heavy (non-hydrogen) atoms. The fraction of sp³-hybridized carbons (Fsp3) is 0.0980. The Morgan fingerprint density at radius 1 is 0.724 bits per heavy atom. The lowest BCUT2D eigenvalue weighted by Gasteiger charge is -2.39. The molecule has 6 nitrogen and oxygen atoms in total. The van der Waals surface area contributed by atoms with Gasteiger partial charge in [0.1, 0.15) is 35.9 Å². The van der Waals surface area contributed by atoms with Gasteiger partial charge >= 0.3 is 0 Å². The van der Waals surface area contributed by atoms with Crippen molar-refractivity contribution >= 4 is 62.4 Å². The molecule has 0 fully saturated rings. The van der Waals surface area contributed by atoms with Gasteiger partial charge in [0, 0.05) is 50.9 Å². The normalized spacial score (nSPS) is 16.3. The highest BCUT2D eigenvalue weighted by molar-refractivity contribution is 6.89. The molecule has 0 saturated carbocycles. The van der Waals surface area contributed by atoms with E-state index in [9.17, 15) is 0 Å². The first-order valence-electron chi connectivity index (χ1n) is 19.8. The van der Waals surface area contributed by atoms with Crippen LogP contribution in [0.4, 0.5) is 22.7 Å². The zero-order valence-corrected chi connectivity index (χ0v) is 32.5. The molecule has 7 heteroatoms. The first-order valence-corrected chi connectivity index (χ1v) is 19.8. The fourth-order valence-electron chi connectivity index (χ4n) is 8.33. The van der Waals surface area contributed by atoms with Crippen molar-refractivity contribution < 1.29 is 18.3 Å². The van der Waals surface area contributed by atoms with Gasteiger partial charge in [-0.3, -0.25) is 0 Å². The third kappa shape index (κ3) is 6.44. The summed E-state index contributed by atoms with van der Waals surface area (Å²) in [6, 6.07) is 44.2. The number of nitrogens with zero attached hydrogens (tertiary/aromatic N) is 2. The van der Waals surface area contributed by atoms with Crippen LogP contribution in [0, 0.1) is 6.92 Å². The van der Waals surface area contributed by atoms with Gasteiger partial charge in [-0.05, 0) is 91.6 Å². The maximum Gasteiger partial charge on any atom is 0.247 e. The predicted octanol–water partition coefficient (Wildman–Crippen LogP) is 12.2. The number of benzene rings is 5. The van der Waals surface area contributed by atoms with Crippen LogP contribution in [0.15, 0.2) is 202 Å². The highest BCUT2D eigenvalue weighted by Gasteiger charge is 2.37. The lowest BCUT2D eigenvalue weighted by atomic mass is 9.34. The van der Waals surface area contributed by atoms with Gasteiger partial charge in [-0.25, -0.2) is 0 Å². The van der Waals surface area contributed by atoms with Gasteiger partial charge in [0.05, 0.1) is 6.54 Å². The standard InChI is InChI=1S/C51H41BN2O4/c1-4-36(48-30-38-13-8-10-19-45(38)57-48)22-23-40-32-53(42-18-12-15-37(29-42)49-31-39-14-9-11-20-46(39)58-49)43-27-34(2)28-44-51(43)52(40)35(3)21-24-47-50(56-26-25-55-47)33-54(44)41-16-6-5-7-17-41/h4-24,27-32H,3,25-26,33H2,1-2H3/b23-22-,24-21-,36-4+. The minimum absolute atomic E-state index is 0.209. The molecule has 0 N–H and O–H groups in total. The molecule has 5 aromatic carbocycles. The highest BCUT2D eigenvalue weighted by Crippen LogP contribution is 2.41. The van der Waals surface area contributed by atoms with E-state index >= 15 is 0 Å². The molecule has 0 amide bonds. The van der Waals surface area contributed by atoms with E-state index in [1.54, 1.807) is 0 Å². The van der Waals surface area contributed by atoms with E-state index < -0.39 is 0 Å². The van der Waals surface area contributed by atoms with Crippen LogP contribution in [0.2, 0.25) is 0 Å². The molecule has 3 aliphatic heterocycles. The molecule has 0 spiro atoms. The van der Waals surface area contributed by atoms with Gasteiger partial charge in [-0.1, -0.05) is 102 Å². The predicted molar refractivity (Wildman–Crippen MR) is 238 cm³/mol. The Bertz CT molecular complexity index is 2820. The van der Waals surface area contributed by atoms with Crippen LogP contribution in [-0.4, -0.2) is 26.5 Å². The molecular weight excluding hydrogens is 715 g/mol. The summed E-state index contributed by atoms with van der Waals surface area (Å²) in [5.74, 6) is 3.16. The molecule has 0 aliphatic carbocycles. The highest BCUT2D eigenvalue weighted by atomic mass is 16.6. The molecule has 2 aromatic heterocycles. The number of anilines is 4. The van der Waals surface area contributed by atoms with Gasteiger partial charge in [0.2, 0.25) is 6.71 Å². The number of allylic oxidation sites excluding steroid dienone is 8. The summed E-state index contributed by atoms with van der Waals surface area (Å²) in [5, 5.41) is 2.14. The number of hydrogen-bond donors (Lipinski definition) is 0. The maximum atomic E-state index is 6.37. The number of furan rings is 2. The molecule has 0 atom stereocenters. The van der Waals surface area contributed by atoms with Gasteiger partial charge in [0.15, 0.2) is 11.5 Å². The molecule has 0 radical (unpaired) electrons. The summed E-state index contributed by atoms with van der Waals surface area (Å²) < 4.78 is 25.3. The second kappa shape index (κ2) is 14.8. The number of fused-ring (bicyclic) bond motifs is 2. The van der Waals surface area contributed by atoms with Crippen molar-refractivity contribution in [1.29, 1.82) is 0 Å². The number of para-hydroxylation sites is 3. The topological polar surface area (TPSA) is 51.2 Å². The monoisotopic (exact) mass is 756 g/mol. The second-order valence-corrected chi connectivity index (χ2v) is 14.9. The van der Waals surface area contributed by atoms with Crippen molar-refractivity contribution in [2.24, 2.45) is 0 Å². The molecule has 0 bridgehead atoms. The summed E-state index contributed by atoms with van der Waals surface area (Å²) >= 11 is 0. The SMILES string of the molecule is C=C1/C=C\C2=C(CN(c3ccccc3)c3cc(C)cc4c3B1C(/C=C\C(=C/C)c1cc3ccccc3o1)=CN4c1cccc(-c3cc4ccccc4o3)c1)OCCO2. The average Bonchev–Trinajstić information content (AvgIpc) is 3.90. The number of rotatable bonds is 6. The summed E-state index contributed by atoms with van der Waals surface area (Å²) in [6.45, 7) is 10.3. The molecule has 282 valence electrons. The van der Waals surface area contributed by atoms with Gasteiger partial charge in [-0.15, -0.1) is 6.58 Å². The van der Waals surface area contributed by atoms with E-state index in [2.05, 4.69) is 145 Å². The van der Waals surface area contributed by atoms with Crippen molar-refractivity contribution in [3.63, 3.8) is 0 Å². The van der Waals surface area contributed by atoms with Crippen molar-refractivity contribution in [3.8, 4) is 11.3 Å². The Morgan fingerprint density at radius 2 is 1.45 bits per heavy atom. The quantitative estimate of drug-likeness (QED) is 0.124. The summed E-state index contributed by atoms with van der Waals surface area (Å²) in [7, 11) is 0. The molecule has 0 unspecified atom stereocenters. The van der Waals surface area contributed by atoms with E-state index in [1.807, 2.05) is 42.5 Å². The van der Waals surface area contributed by atoms with Crippen LogP contribution >= 0.6 is 0 Å². The average molecular weight is 757 g/mol. The molecule has 5 heterocycles. The van der Waals surface area contributed by atoms with Crippen LogP contribution in [-0.2, 0) is 9.47 Å². The van der Waals surface area contributed by atoms with E-state index in [0.717, 1.165) is 101 Å². The number of hydrogen-bond acceptors (Lipinski definition) is 6. The zero-order chi connectivity index (χ0) is 39.2. The summed E-state index contributed by atoms with van der Waals surface area (Å²) in [6.07, 6.45) is 12.9. The largest absolute Gasteiger partial charge is 0.489 e. The minimum Gasteiger partial charge on any atom is -0.489 e. The third-order valence-corrected chi connectivity index (χ3v) is 11.1. The van der Waals surface area contributed by atoms with Crippen LogP contribution in [0.3, 0.4) is 0 Å².